The van der Waals surface area contributed by atoms with E-state index in [1.165, 1.54) is 12.1 Å². The summed E-state index contributed by atoms with van der Waals surface area (Å²) in [5, 5.41) is 13.6. The molecule has 2 aromatic heterocycles. The number of nitrogens with two attached hydrogens (primary N) is 1. The van der Waals surface area contributed by atoms with Crippen LogP contribution in [0.3, 0.4) is 0 Å². The maximum Gasteiger partial charge on any atom is 0.238 e. The van der Waals surface area contributed by atoms with Gasteiger partial charge in [0.05, 0.1) is 15.1 Å². The topological polar surface area (TPSA) is 110 Å². The van der Waals surface area contributed by atoms with Gasteiger partial charge in [-0.15, -0.1) is 11.3 Å². The van der Waals surface area contributed by atoms with Gasteiger partial charge in [-0.2, -0.15) is 4.98 Å². The van der Waals surface area contributed by atoms with E-state index >= 15 is 0 Å². The summed E-state index contributed by atoms with van der Waals surface area (Å²) in [6.45, 7) is 2.03. The molecule has 2 aromatic carbocycles. The molecule has 0 bridgehead atoms. The van der Waals surface area contributed by atoms with E-state index in [9.17, 15) is 8.42 Å². The second-order valence-electron chi connectivity index (χ2n) is 6.17. The molecule has 0 atom stereocenters. The largest absolute Gasteiger partial charge is 0.339 e. The summed E-state index contributed by atoms with van der Waals surface area (Å²) in [4.78, 5) is 9.19. The lowest BCUT2D eigenvalue weighted by atomic mass is 10.2. The molecular weight excluding hydrogens is 394 g/mol. The van der Waals surface area contributed by atoms with Gasteiger partial charge in [0, 0.05) is 11.4 Å². The second kappa shape index (κ2) is 7.19. The summed E-state index contributed by atoms with van der Waals surface area (Å²) >= 11 is 1.56. The smallest absolute Gasteiger partial charge is 0.238 e. The predicted molar refractivity (Wildman–Crippen MR) is 113 cm³/mol. The summed E-state index contributed by atoms with van der Waals surface area (Å²) in [5.41, 5.74) is 3.56. The van der Waals surface area contributed by atoms with Crippen molar-refractivity contribution in [2.75, 3.05) is 10.6 Å². The second-order valence-corrected chi connectivity index (χ2v) is 8.64. The van der Waals surface area contributed by atoms with Crippen molar-refractivity contribution in [1.29, 1.82) is 0 Å². The number of thiophene rings is 1. The molecule has 9 heteroatoms. The average molecular weight is 412 g/mol. The number of hydrogen-bond acceptors (Lipinski definition) is 7. The minimum Gasteiger partial charge on any atom is -0.339 e. The Bertz CT molecular complexity index is 1250. The molecule has 0 unspecified atom stereocenters. The van der Waals surface area contributed by atoms with Crippen LogP contribution in [-0.4, -0.2) is 18.4 Å². The van der Waals surface area contributed by atoms with Gasteiger partial charge in [0.1, 0.15) is 0 Å². The molecule has 0 radical (unpaired) electrons. The molecule has 28 heavy (non-hydrogen) atoms. The molecule has 142 valence electrons. The van der Waals surface area contributed by atoms with Crippen molar-refractivity contribution in [3.8, 4) is 0 Å². The Kier molecular flexibility index (Phi) is 4.71. The number of aromatic nitrogens is 2. The quantitative estimate of drug-likeness (QED) is 0.455. The van der Waals surface area contributed by atoms with E-state index in [1.807, 2.05) is 42.6 Å². The highest BCUT2D eigenvalue weighted by Gasteiger charge is 2.12. The van der Waals surface area contributed by atoms with Gasteiger partial charge in [0.25, 0.3) is 0 Å². The minimum absolute atomic E-state index is 0.0502. The number of fused-ring (bicyclic) bond motifs is 1. The number of rotatable bonds is 5. The fourth-order valence-electron chi connectivity index (χ4n) is 2.70. The zero-order valence-electron chi connectivity index (χ0n) is 14.9. The first-order chi connectivity index (χ1) is 13.4. The van der Waals surface area contributed by atoms with Crippen molar-refractivity contribution >= 4 is 54.7 Å². The highest BCUT2D eigenvalue weighted by Crippen LogP contribution is 2.31. The van der Waals surface area contributed by atoms with Gasteiger partial charge in [0.15, 0.2) is 5.82 Å². The van der Waals surface area contributed by atoms with Crippen LogP contribution in [0.4, 0.5) is 23.1 Å². The van der Waals surface area contributed by atoms with Crippen LogP contribution in [0.15, 0.2) is 64.9 Å². The maximum atomic E-state index is 11.4. The first kappa shape index (κ1) is 18.4. The van der Waals surface area contributed by atoms with E-state index in [1.54, 1.807) is 23.5 Å². The molecule has 2 heterocycles. The normalized spacial score (nSPS) is 11.5. The number of benzene rings is 2. The molecule has 4 N–H and O–H groups in total. The van der Waals surface area contributed by atoms with E-state index in [0.29, 0.717) is 17.5 Å². The molecule has 4 rings (SSSR count). The lowest BCUT2D eigenvalue weighted by Crippen LogP contribution is -2.11. The van der Waals surface area contributed by atoms with Crippen LogP contribution in [-0.2, 0) is 10.0 Å². The van der Waals surface area contributed by atoms with Crippen molar-refractivity contribution in [3.63, 3.8) is 0 Å². The van der Waals surface area contributed by atoms with Gasteiger partial charge >= 0.3 is 0 Å². The Morgan fingerprint density at radius 2 is 1.71 bits per heavy atom. The van der Waals surface area contributed by atoms with Crippen molar-refractivity contribution in [3.05, 3.63) is 65.5 Å². The highest BCUT2D eigenvalue weighted by molar-refractivity contribution is 7.89. The average Bonchev–Trinajstić information content (AvgIpc) is 3.12. The molecule has 7 nitrogen and oxygen atoms in total. The molecule has 0 saturated carbocycles. The summed E-state index contributed by atoms with van der Waals surface area (Å²) < 4.78 is 23.7. The standard InChI is InChI=1S/C19H17N5O2S2/c1-12-4-2-3-5-15(12)22-18-17-16(10-11-27-17)23-19(24-18)21-13-6-8-14(9-7-13)28(20,25)26/h2-11H,1H3,(H2,20,25,26)(H2,21,22,23,24). The SMILES string of the molecule is Cc1ccccc1Nc1nc(Nc2ccc(S(N)(=O)=O)cc2)nc2ccsc12. The van der Waals surface area contributed by atoms with Gasteiger partial charge < -0.3 is 10.6 Å². The lowest BCUT2D eigenvalue weighted by molar-refractivity contribution is 0.598. The molecule has 0 amide bonds. The zero-order valence-corrected chi connectivity index (χ0v) is 16.5. The number of anilines is 4. The third-order valence-corrected chi connectivity index (χ3v) is 5.98. The van der Waals surface area contributed by atoms with Crippen molar-refractivity contribution in [2.45, 2.75) is 11.8 Å². The first-order valence-electron chi connectivity index (χ1n) is 8.38. The fourth-order valence-corrected chi connectivity index (χ4v) is 3.99. The van der Waals surface area contributed by atoms with Gasteiger partial charge in [-0.1, -0.05) is 18.2 Å². The molecule has 0 spiro atoms. The van der Waals surface area contributed by atoms with Crippen LogP contribution in [0.25, 0.3) is 10.2 Å². The predicted octanol–water partition coefficient (Wildman–Crippen LogP) is 4.13. The van der Waals surface area contributed by atoms with E-state index in [-0.39, 0.29) is 4.90 Å². The van der Waals surface area contributed by atoms with Gasteiger partial charge in [-0.05, 0) is 54.3 Å². The van der Waals surface area contributed by atoms with E-state index < -0.39 is 10.0 Å². The molecule has 4 aromatic rings. The Balaban J connectivity index is 1.67. The molecule has 0 fully saturated rings. The molecule has 0 aliphatic heterocycles. The van der Waals surface area contributed by atoms with Crippen LogP contribution in [0.5, 0.6) is 0 Å². The summed E-state index contributed by atoms with van der Waals surface area (Å²) in [6.07, 6.45) is 0. The Morgan fingerprint density at radius 1 is 0.964 bits per heavy atom. The maximum absolute atomic E-state index is 11.4. The van der Waals surface area contributed by atoms with Gasteiger partial charge in [-0.3, -0.25) is 0 Å². The number of aryl methyl sites for hydroxylation is 1. The van der Waals surface area contributed by atoms with Crippen LogP contribution in [0.2, 0.25) is 0 Å². The van der Waals surface area contributed by atoms with E-state index in [2.05, 4.69) is 20.6 Å². The summed E-state index contributed by atoms with van der Waals surface area (Å²) in [7, 11) is -3.73. The van der Waals surface area contributed by atoms with Crippen molar-refractivity contribution < 1.29 is 8.42 Å². The minimum atomic E-state index is -3.73. The van der Waals surface area contributed by atoms with Crippen LogP contribution in [0.1, 0.15) is 5.56 Å². The summed E-state index contributed by atoms with van der Waals surface area (Å²) in [5.74, 6) is 1.11. The number of para-hydroxylation sites is 1. The molecule has 0 aliphatic rings. The number of sulfonamides is 1. The third-order valence-electron chi connectivity index (χ3n) is 4.14. The first-order valence-corrected chi connectivity index (χ1v) is 10.8. The Labute approximate surface area is 166 Å². The zero-order chi connectivity index (χ0) is 19.7. The van der Waals surface area contributed by atoms with Gasteiger partial charge in [-0.25, -0.2) is 18.5 Å². The summed E-state index contributed by atoms with van der Waals surface area (Å²) in [6, 6.07) is 16.0. The molecular formula is C19H17N5O2S2. The number of hydrogen-bond donors (Lipinski definition) is 3. The number of nitrogens with zero attached hydrogens (tertiary/aromatic N) is 2. The Hall–Kier alpha value is -3.01. The Morgan fingerprint density at radius 3 is 2.43 bits per heavy atom. The number of primary sulfonamides is 1. The van der Waals surface area contributed by atoms with E-state index in [4.69, 9.17) is 5.14 Å². The molecule has 0 saturated heterocycles. The third kappa shape index (κ3) is 3.81. The lowest BCUT2D eigenvalue weighted by Gasteiger charge is -2.12. The van der Waals surface area contributed by atoms with Gasteiger partial charge in [0.2, 0.25) is 16.0 Å². The number of nitrogens with one attached hydrogen (secondary N) is 2. The van der Waals surface area contributed by atoms with Crippen molar-refractivity contribution in [2.24, 2.45) is 5.14 Å². The van der Waals surface area contributed by atoms with Crippen LogP contribution in [0, 0.1) is 6.92 Å². The van der Waals surface area contributed by atoms with Crippen LogP contribution >= 0.6 is 11.3 Å². The van der Waals surface area contributed by atoms with Crippen molar-refractivity contribution in [1.82, 2.24) is 9.97 Å². The van der Waals surface area contributed by atoms with E-state index in [0.717, 1.165) is 21.5 Å². The highest BCUT2D eigenvalue weighted by atomic mass is 32.2. The monoisotopic (exact) mass is 411 g/mol. The fraction of sp³-hybridized carbons (Fsp3) is 0.0526. The van der Waals surface area contributed by atoms with Crippen LogP contribution < -0.4 is 15.8 Å². The molecule has 0 aliphatic carbocycles.